The van der Waals surface area contributed by atoms with Gasteiger partial charge in [-0.2, -0.15) is 0 Å². The summed E-state index contributed by atoms with van der Waals surface area (Å²) in [5, 5.41) is 18.5. The number of benzene rings is 1. The van der Waals surface area contributed by atoms with Gasteiger partial charge in [-0.15, -0.1) is 11.3 Å². The summed E-state index contributed by atoms with van der Waals surface area (Å²) in [5.74, 6) is -0.224. The summed E-state index contributed by atoms with van der Waals surface area (Å²) >= 11 is 6.13. The van der Waals surface area contributed by atoms with Crippen LogP contribution in [0.25, 0.3) is 10.2 Å². The van der Waals surface area contributed by atoms with Crippen LogP contribution in [-0.4, -0.2) is 15.2 Å². The molecule has 0 fully saturated rings. The van der Waals surface area contributed by atoms with E-state index in [1.807, 2.05) is 0 Å². The van der Waals surface area contributed by atoms with E-state index < -0.39 is 0 Å². The molecule has 0 unspecified atom stereocenters. The van der Waals surface area contributed by atoms with Gasteiger partial charge in [0.05, 0.1) is 10.2 Å². The van der Waals surface area contributed by atoms with Crippen molar-refractivity contribution in [3.05, 3.63) is 16.1 Å². The summed E-state index contributed by atoms with van der Waals surface area (Å²) in [6.07, 6.45) is 0. The quantitative estimate of drug-likeness (QED) is 0.451. The van der Waals surface area contributed by atoms with Crippen molar-refractivity contribution in [1.82, 2.24) is 4.98 Å². The normalized spacial score (nSPS) is 10.7. The maximum Gasteiger partial charge on any atom is 0.177 e. The lowest BCUT2D eigenvalue weighted by Gasteiger charge is -1.95. The van der Waals surface area contributed by atoms with Gasteiger partial charge in [-0.25, -0.2) is 0 Å². The third-order valence-corrected chi connectivity index (χ3v) is 2.80. The van der Waals surface area contributed by atoms with Gasteiger partial charge in [0.15, 0.2) is 15.5 Å². The molecule has 1 aromatic carbocycles. The highest BCUT2D eigenvalue weighted by molar-refractivity contribution is 7.73. The Kier molecular flexibility index (Phi) is 1.55. The second kappa shape index (κ2) is 2.46. The molecular weight excluding hydrogens is 194 g/mol. The minimum absolute atomic E-state index is 0.107. The topological polar surface area (TPSA) is 56.2 Å². The summed E-state index contributed by atoms with van der Waals surface area (Å²) < 4.78 is 1.19. The van der Waals surface area contributed by atoms with Gasteiger partial charge in [-0.05, 0) is 24.4 Å². The van der Waals surface area contributed by atoms with E-state index in [0.717, 1.165) is 5.52 Å². The molecule has 0 atom stereocenters. The maximum absolute atomic E-state index is 9.37. The molecule has 2 rings (SSSR count). The highest BCUT2D eigenvalue weighted by Gasteiger charge is 2.06. The first-order chi connectivity index (χ1) is 5.68. The summed E-state index contributed by atoms with van der Waals surface area (Å²) in [5.41, 5.74) is 0.750. The molecule has 1 heterocycles. The number of aromatic amines is 1. The van der Waals surface area contributed by atoms with Crippen LogP contribution in [-0.2, 0) is 0 Å². The van der Waals surface area contributed by atoms with E-state index in [2.05, 4.69) is 4.98 Å². The van der Waals surface area contributed by atoms with Gasteiger partial charge in [-0.3, -0.25) is 0 Å². The number of nitrogens with one attached hydrogen (secondary N) is 1. The monoisotopic (exact) mass is 199 g/mol. The summed E-state index contributed by atoms with van der Waals surface area (Å²) in [4.78, 5) is 2.89. The van der Waals surface area contributed by atoms with Gasteiger partial charge >= 0.3 is 0 Å². The zero-order valence-electron chi connectivity index (χ0n) is 5.87. The second-order valence-corrected chi connectivity index (χ2v) is 4.01. The number of H-pyrrole nitrogens is 1. The van der Waals surface area contributed by atoms with Crippen LogP contribution < -0.4 is 0 Å². The van der Waals surface area contributed by atoms with E-state index in [1.165, 1.54) is 17.4 Å². The van der Waals surface area contributed by atoms with E-state index in [-0.39, 0.29) is 11.5 Å². The highest BCUT2D eigenvalue weighted by atomic mass is 32.1. The number of hydrogen-bond donors (Lipinski definition) is 3. The molecule has 1 aromatic heterocycles. The molecule has 0 aliphatic heterocycles. The highest BCUT2D eigenvalue weighted by Crippen LogP contribution is 2.35. The first kappa shape index (κ1) is 7.57. The molecule has 0 aliphatic rings. The van der Waals surface area contributed by atoms with Crippen molar-refractivity contribution < 1.29 is 10.2 Å². The van der Waals surface area contributed by atoms with Crippen LogP contribution in [0.5, 0.6) is 11.5 Å². The van der Waals surface area contributed by atoms with Crippen LogP contribution in [0.3, 0.4) is 0 Å². The Hall–Kier alpha value is -1.07. The van der Waals surface area contributed by atoms with Crippen LogP contribution in [0.4, 0.5) is 0 Å². The Labute approximate surface area is 76.9 Å². The minimum Gasteiger partial charge on any atom is -0.504 e. The lowest BCUT2D eigenvalue weighted by molar-refractivity contribution is 0.408. The van der Waals surface area contributed by atoms with Crippen LogP contribution in [0.2, 0.25) is 0 Å². The largest absolute Gasteiger partial charge is 0.504 e. The smallest absolute Gasteiger partial charge is 0.177 e. The molecule has 0 aliphatic carbocycles. The number of phenols is 2. The maximum atomic E-state index is 9.37. The number of fused-ring (bicyclic) bond motifs is 1. The summed E-state index contributed by atoms with van der Waals surface area (Å²) in [7, 11) is 0. The lowest BCUT2D eigenvalue weighted by atomic mass is 10.3. The van der Waals surface area contributed by atoms with Gasteiger partial charge in [0.2, 0.25) is 0 Å². The molecule has 0 saturated carbocycles. The molecule has 0 spiro atoms. The molecule has 2 aromatic rings. The fourth-order valence-electron chi connectivity index (χ4n) is 0.991. The fraction of sp³-hybridized carbons (Fsp3) is 0. The first-order valence-corrected chi connectivity index (χ1v) is 4.45. The fourth-order valence-corrected chi connectivity index (χ4v) is 2.13. The van der Waals surface area contributed by atoms with Crippen LogP contribution in [0.1, 0.15) is 0 Å². The zero-order valence-corrected chi connectivity index (χ0v) is 7.50. The first-order valence-electron chi connectivity index (χ1n) is 3.22. The molecule has 12 heavy (non-hydrogen) atoms. The number of aromatic nitrogens is 1. The molecule has 0 bridgehead atoms. The Morgan fingerprint density at radius 1 is 1.33 bits per heavy atom. The van der Waals surface area contributed by atoms with Gasteiger partial charge in [0, 0.05) is 0 Å². The average Bonchev–Trinajstić information content (AvgIpc) is 2.39. The number of phenolic OH excluding ortho intramolecular Hbond substituents is 2. The Morgan fingerprint density at radius 2 is 2.08 bits per heavy atom. The zero-order chi connectivity index (χ0) is 8.72. The van der Waals surface area contributed by atoms with Crippen LogP contribution in [0, 0.1) is 3.95 Å². The molecule has 0 saturated heterocycles. The molecule has 0 radical (unpaired) electrons. The average molecular weight is 199 g/mol. The van der Waals surface area contributed by atoms with Crippen molar-refractivity contribution in [3.63, 3.8) is 0 Å². The SMILES string of the molecule is Oc1ccc2[nH]c(=S)sc2c1O. The molecular formula is C7H5NO2S2. The summed E-state index contributed by atoms with van der Waals surface area (Å²) in [6, 6.07) is 3.10. The van der Waals surface area contributed by atoms with Crippen molar-refractivity contribution in [2.24, 2.45) is 0 Å². The van der Waals surface area contributed by atoms with Crippen LogP contribution in [0.15, 0.2) is 12.1 Å². The molecule has 62 valence electrons. The van der Waals surface area contributed by atoms with E-state index in [4.69, 9.17) is 17.3 Å². The van der Waals surface area contributed by atoms with Gasteiger partial charge in [-0.1, -0.05) is 0 Å². The van der Waals surface area contributed by atoms with Crippen molar-refractivity contribution in [3.8, 4) is 11.5 Å². The lowest BCUT2D eigenvalue weighted by Crippen LogP contribution is -1.69. The predicted octanol–water partition coefficient (Wildman–Crippen LogP) is 2.37. The number of thiazole rings is 1. The van der Waals surface area contributed by atoms with E-state index >= 15 is 0 Å². The third-order valence-electron chi connectivity index (χ3n) is 1.54. The Morgan fingerprint density at radius 3 is 2.83 bits per heavy atom. The second-order valence-electron chi connectivity index (χ2n) is 2.32. The predicted molar refractivity (Wildman–Crippen MR) is 50.3 cm³/mol. The van der Waals surface area contributed by atoms with Crippen molar-refractivity contribution in [2.75, 3.05) is 0 Å². The standard InChI is InChI=1S/C7H5NO2S2/c9-4-2-1-3-6(5(4)10)12-7(11)8-3/h1-2,9-10H,(H,8,11). The van der Waals surface area contributed by atoms with Crippen molar-refractivity contribution >= 4 is 33.8 Å². The van der Waals surface area contributed by atoms with Crippen LogP contribution >= 0.6 is 23.6 Å². The Balaban J connectivity index is 2.99. The number of rotatable bonds is 0. The molecule has 3 N–H and O–H groups in total. The number of aromatic hydroxyl groups is 2. The van der Waals surface area contributed by atoms with Gasteiger partial charge < -0.3 is 15.2 Å². The van der Waals surface area contributed by atoms with Gasteiger partial charge in [0.1, 0.15) is 0 Å². The van der Waals surface area contributed by atoms with E-state index in [9.17, 15) is 5.11 Å². The van der Waals surface area contributed by atoms with Crippen molar-refractivity contribution in [1.29, 1.82) is 0 Å². The van der Waals surface area contributed by atoms with E-state index in [1.54, 1.807) is 6.07 Å². The Bertz CT molecular complexity index is 486. The molecule has 3 nitrogen and oxygen atoms in total. The van der Waals surface area contributed by atoms with Gasteiger partial charge in [0.25, 0.3) is 0 Å². The molecule has 5 heteroatoms. The third kappa shape index (κ3) is 0.981. The van der Waals surface area contributed by atoms with Crippen molar-refractivity contribution in [2.45, 2.75) is 0 Å². The number of hydrogen-bond acceptors (Lipinski definition) is 4. The summed E-state index contributed by atoms with van der Waals surface area (Å²) in [6.45, 7) is 0. The van der Waals surface area contributed by atoms with E-state index in [0.29, 0.717) is 8.65 Å². The minimum atomic E-state index is -0.118. The molecule has 0 amide bonds.